The highest BCUT2D eigenvalue weighted by Crippen LogP contribution is 2.24. The number of nitrogens with one attached hydrogen (secondary N) is 1. The number of methoxy groups -OCH3 is 1. The van der Waals surface area contributed by atoms with Gasteiger partial charge in [0.25, 0.3) is 0 Å². The normalized spacial score (nSPS) is 12.2. The summed E-state index contributed by atoms with van der Waals surface area (Å²) in [6, 6.07) is 7.57. The first-order valence-corrected chi connectivity index (χ1v) is 8.70. The molecule has 1 unspecified atom stereocenters. The Morgan fingerprint density at radius 3 is 2.52 bits per heavy atom. The largest absolute Gasteiger partial charge is 0.497 e. The molecule has 0 radical (unpaired) electrons. The smallest absolute Gasteiger partial charge is 0.224 e. The van der Waals surface area contributed by atoms with E-state index >= 15 is 0 Å². The molecular formula is C18H24N2O2S. The number of amides is 1. The number of ether oxygens (including phenoxy) is 1. The van der Waals surface area contributed by atoms with Gasteiger partial charge in [-0.15, -0.1) is 11.3 Å². The second kappa shape index (κ2) is 8.11. The monoisotopic (exact) mass is 332 g/mol. The molecule has 1 aromatic heterocycles. The lowest BCUT2D eigenvalue weighted by Crippen LogP contribution is -2.30. The highest BCUT2D eigenvalue weighted by Gasteiger charge is 2.19. The molecule has 4 nitrogen and oxygen atoms in total. The van der Waals surface area contributed by atoms with Gasteiger partial charge in [0.2, 0.25) is 5.91 Å². The van der Waals surface area contributed by atoms with Crippen molar-refractivity contribution in [3.63, 3.8) is 0 Å². The molecule has 2 aromatic rings. The zero-order chi connectivity index (χ0) is 16.8. The van der Waals surface area contributed by atoms with Crippen LogP contribution >= 0.6 is 11.3 Å². The number of hydrogen-bond acceptors (Lipinski definition) is 4. The van der Waals surface area contributed by atoms with Gasteiger partial charge in [0.05, 0.1) is 19.6 Å². The van der Waals surface area contributed by atoms with Gasteiger partial charge in [-0.1, -0.05) is 26.0 Å². The maximum Gasteiger partial charge on any atom is 0.224 e. The van der Waals surface area contributed by atoms with Crippen molar-refractivity contribution in [3.8, 4) is 5.75 Å². The van der Waals surface area contributed by atoms with Gasteiger partial charge in [0, 0.05) is 11.1 Å². The lowest BCUT2D eigenvalue weighted by molar-refractivity contribution is -0.121. The molecule has 0 saturated carbocycles. The predicted octanol–water partition coefficient (Wildman–Crippen LogP) is 3.91. The zero-order valence-electron chi connectivity index (χ0n) is 14.1. The van der Waals surface area contributed by atoms with Crippen molar-refractivity contribution in [1.82, 2.24) is 10.3 Å². The van der Waals surface area contributed by atoms with E-state index < -0.39 is 0 Å². The molecule has 1 amide bonds. The summed E-state index contributed by atoms with van der Waals surface area (Å²) in [4.78, 5) is 16.9. The number of hydrogen-bond donors (Lipinski definition) is 1. The third-order valence-electron chi connectivity index (χ3n) is 3.50. The predicted molar refractivity (Wildman–Crippen MR) is 93.9 cm³/mol. The van der Waals surface area contributed by atoms with Crippen LogP contribution in [0.25, 0.3) is 0 Å². The van der Waals surface area contributed by atoms with Crippen LogP contribution in [0.4, 0.5) is 0 Å². The quantitative estimate of drug-likeness (QED) is 0.836. The maximum atomic E-state index is 12.4. The Balaban J connectivity index is 2.01. The van der Waals surface area contributed by atoms with Crippen LogP contribution in [0.5, 0.6) is 5.75 Å². The number of carbonyl (C=O) groups is 1. The summed E-state index contributed by atoms with van der Waals surface area (Å²) in [5.41, 5.74) is 1.98. The van der Waals surface area contributed by atoms with Crippen molar-refractivity contribution in [2.24, 2.45) is 5.92 Å². The average Bonchev–Trinajstić information content (AvgIpc) is 2.93. The van der Waals surface area contributed by atoms with E-state index in [0.717, 1.165) is 28.4 Å². The molecule has 1 atom stereocenters. The van der Waals surface area contributed by atoms with E-state index in [1.165, 1.54) is 0 Å². The van der Waals surface area contributed by atoms with Crippen molar-refractivity contribution >= 4 is 17.2 Å². The molecule has 0 spiro atoms. The Morgan fingerprint density at radius 1 is 1.30 bits per heavy atom. The third kappa shape index (κ3) is 5.36. The van der Waals surface area contributed by atoms with Gasteiger partial charge < -0.3 is 10.1 Å². The van der Waals surface area contributed by atoms with E-state index in [4.69, 9.17) is 4.74 Å². The number of thiazole rings is 1. The number of benzene rings is 1. The van der Waals surface area contributed by atoms with E-state index in [1.807, 2.05) is 36.6 Å². The summed E-state index contributed by atoms with van der Waals surface area (Å²) in [6.45, 7) is 6.29. The number of rotatable bonds is 7. The van der Waals surface area contributed by atoms with Gasteiger partial charge in [0.1, 0.15) is 10.8 Å². The molecule has 5 heteroatoms. The van der Waals surface area contributed by atoms with Crippen LogP contribution < -0.4 is 10.1 Å². The molecule has 0 aliphatic heterocycles. The fourth-order valence-corrected chi connectivity index (χ4v) is 3.26. The maximum absolute atomic E-state index is 12.4. The topological polar surface area (TPSA) is 51.2 Å². The van der Waals surface area contributed by atoms with E-state index in [9.17, 15) is 4.79 Å². The van der Waals surface area contributed by atoms with Gasteiger partial charge in [-0.3, -0.25) is 4.79 Å². The summed E-state index contributed by atoms with van der Waals surface area (Å²) in [5, 5.41) is 6.14. The second-order valence-corrected chi connectivity index (χ2v) is 6.99. The third-order valence-corrected chi connectivity index (χ3v) is 4.58. The first-order chi connectivity index (χ1) is 11.0. The van der Waals surface area contributed by atoms with Crippen LogP contribution in [0, 0.1) is 12.8 Å². The Morgan fingerprint density at radius 2 is 2.00 bits per heavy atom. The van der Waals surface area contributed by atoms with E-state index in [0.29, 0.717) is 12.3 Å². The Hall–Kier alpha value is -1.88. The SMILES string of the molecule is COc1ccc(CC(=O)NC(CC(C)C)c2nc(C)cs2)cc1. The minimum absolute atomic E-state index is 0.0144. The molecule has 1 aromatic carbocycles. The summed E-state index contributed by atoms with van der Waals surface area (Å²) in [6.07, 6.45) is 1.25. The van der Waals surface area contributed by atoms with E-state index in [2.05, 4.69) is 24.1 Å². The molecule has 2 rings (SSSR count). The molecule has 1 N–H and O–H groups in total. The van der Waals surface area contributed by atoms with Crippen LogP contribution in [0.2, 0.25) is 0 Å². The molecule has 124 valence electrons. The number of aryl methyl sites for hydroxylation is 1. The molecule has 0 aliphatic rings. The summed E-state index contributed by atoms with van der Waals surface area (Å²) in [7, 11) is 1.63. The molecule has 1 heterocycles. The van der Waals surface area contributed by atoms with Crippen molar-refractivity contribution < 1.29 is 9.53 Å². The van der Waals surface area contributed by atoms with Crippen LogP contribution in [0.15, 0.2) is 29.6 Å². The van der Waals surface area contributed by atoms with Crippen LogP contribution in [-0.2, 0) is 11.2 Å². The molecular weight excluding hydrogens is 308 g/mol. The fraction of sp³-hybridized carbons (Fsp3) is 0.444. The van der Waals surface area contributed by atoms with Crippen LogP contribution in [-0.4, -0.2) is 18.0 Å². The molecule has 0 bridgehead atoms. The van der Waals surface area contributed by atoms with Crippen LogP contribution in [0.1, 0.15) is 42.6 Å². The number of aromatic nitrogens is 1. The summed E-state index contributed by atoms with van der Waals surface area (Å²) in [5.74, 6) is 1.31. The molecule has 0 saturated heterocycles. The standard InChI is InChI=1S/C18H24N2O2S/c1-12(2)9-16(18-19-13(3)11-23-18)20-17(21)10-14-5-7-15(22-4)8-6-14/h5-8,11-12,16H,9-10H2,1-4H3,(H,20,21). The Bertz CT molecular complexity index is 635. The summed E-state index contributed by atoms with van der Waals surface area (Å²) < 4.78 is 5.14. The highest BCUT2D eigenvalue weighted by molar-refractivity contribution is 7.09. The molecule has 0 fully saturated rings. The lowest BCUT2D eigenvalue weighted by atomic mass is 10.0. The van der Waals surface area contributed by atoms with E-state index in [-0.39, 0.29) is 11.9 Å². The van der Waals surface area contributed by atoms with Crippen LogP contribution in [0.3, 0.4) is 0 Å². The Kier molecular flexibility index (Phi) is 6.16. The highest BCUT2D eigenvalue weighted by atomic mass is 32.1. The summed E-state index contributed by atoms with van der Waals surface area (Å²) >= 11 is 1.61. The second-order valence-electron chi connectivity index (χ2n) is 6.10. The van der Waals surface area contributed by atoms with Gasteiger partial charge >= 0.3 is 0 Å². The van der Waals surface area contributed by atoms with Gasteiger partial charge in [-0.2, -0.15) is 0 Å². The van der Waals surface area contributed by atoms with E-state index in [1.54, 1.807) is 18.4 Å². The first kappa shape index (κ1) is 17.5. The molecule has 0 aliphatic carbocycles. The minimum atomic E-state index is -0.0144. The van der Waals surface area contributed by atoms with Crippen molar-refractivity contribution in [3.05, 3.63) is 45.9 Å². The van der Waals surface area contributed by atoms with Gasteiger partial charge in [0.15, 0.2) is 0 Å². The van der Waals surface area contributed by atoms with Gasteiger partial charge in [-0.25, -0.2) is 4.98 Å². The van der Waals surface area contributed by atoms with Crippen molar-refractivity contribution in [1.29, 1.82) is 0 Å². The zero-order valence-corrected chi connectivity index (χ0v) is 14.9. The average molecular weight is 332 g/mol. The Labute approximate surface area is 141 Å². The first-order valence-electron chi connectivity index (χ1n) is 7.82. The lowest BCUT2D eigenvalue weighted by Gasteiger charge is -2.18. The number of nitrogens with zero attached hydrogens (tertiary/aromatic N) is 1. The van der Waals surface area contributed by atoms with Crippen molar-refractivity contribution in [2.75, 3.05) is 7.11 Å². The minimum Gasteiger partial charge on any atom is -0.497 e. The molecule has 23 heavy (non-hydrogen) atoms. The van der Waals surface area contributed by atoms with Gasteiger partial charge in [-0.05, 0) is 37.0 Å². The number of carbonyl (C=O) groups excluding carboxylic acids is 1. The van der Waals surface area contributed by atoms with Crippen molar-refractivity contribution in [2.45, 2.75) is 39.7 Å². The fourth-order valence-electron chi connectivity index (χ4n) is 2.40.